The van der Waals surface area contributed by atoms with E-state index in [9.17, 15) is 29.1 Å². The van der Waals surface area contributed by atoms with Gasteiger partial charge in [0, 0.05) is 23.5 Å². The molecule has 4 amide bonds. The van der Waals surface area contributed by atoms with E-state index in [-0.39, 0.29) is 18.8 Å². The van der Waals surface area contributed by atoms with E-state index in [4.69, 9.17) is 11.5 Å². The Kier molecular flexibility index (Phi) is 9.97. The predicted octanol–water partition coefficient (Wildman–Crippen LogP) is -0.482. The summed E-state index contributed by atoms with van der Waals surface area (Å²) in [5, 5.41) is 17.6. The number of H-pyrrole nitrogens is 1. The first-order valence-corrected chi connectivity index (χ1v) is 11.7. The third-order valence-electron chi connectivity index (χ3n) is 6.01. The molecule has 0 radical (unpaired) electrons. The highest BCUT2D eigenvalue weighted by Crippen LogP contribution is 2.19. The Morgan fingerprint density at radius 1 is 1.00 bits per heavy atom. The zero-order chi connectivity index (χ0) is 27.0. The number of hydrogen-bond acceptors (Lipinski definition) is 6. The molecule has 2 aromatic rings. The van der Waals surface area contributed by atoms with Crippen LogP contribution in [0.2, 0.25) is 0 Å². The van der Waals surface area contributed by atoms with Gasteiger partial charge in [-0.25, -0.2) is 0 Å². The van der Waals surface area contributed by atoms with Crippen LogP contribution in [0.15, 0.2) is 30.5 Å². The summed E-state index contributed by atoms with van der Waals surface area (Å²) in [6.45, 7) is 4.88. The van der Waals surface area contributed by atoms with Gasteiger partial charge in [0.15, 0.2) is 0 Å². The van der Waals surface area contributed by atoms with Gasteiger partial charge in [-0.1, -0.05) is 38.5 Å². The normalized spacial score (nSPS) is 15.2. The molecule has 5 atom stereocenters. The first kappa shape index (κ1) is 28.3. The summed E-state index contributed by atoms with van der Waals surface area (Å²) in [4.78, 5) is 64.3. The number of aromatic nitrogens is 1. The number of hydrogen-bond donors (Lipinski definition) is 7. The van der Waals surface area contributed by atoms with Gasteiger partial charge in [0.25, 0.3) is 0 Å². The maximum absolute atomic E-state index is 13.3. The number of carbonyl (C=O) groups is 5. The number of carboxylic acids is 1. The lowest BCUT2D eigenvalue weighted by molar-refractivity contribution is -0.141. The molecule has 1 aromatic heterocycles. The number of benzene rings is 1. The highest BCUT2D eigenvalue weighted by Gasteiger charge is 2.32. The van der Waals surface area contributed by atoms with E-state index in [1.807, 2.05) is 31.2 Å². The Balaban J connectivity index is 2.29. The Morgan fingerprint density at radius 3 is 2.28 bits per heavy atom. The monoisotopic (exact) mass is 502 g/mol. The second kappa shape index (κ2) is 12.7. The molecule has 36 heavy (non-hydrogen) atoms. The molecule has 0 aliphatic heterocycles. The van der Waals surface area contributed by atoms with Crippen molar-refractivity contribution >= 4 is 40.5 Å². The molecule has 12 nitrogen and oxygen atoms in total. The van der Waals surface area contributed by atoms with Crippen molar-refractivity contribution in [3.8, 4) is 0 Å². The minimum absolute atomic E-state index is 0.0658. The minimum atomic E-state index is -1.23. The molecule has 0 saturated carbocycles. The third-order valence-corrected chi connectivity index (χ3v) is 6.01. The van der Waals surface area contributed by atoms with Crippen molar-refractivity contribution in [1.82, 2.24) is 20.9 Å². The molecule has 1 heterocycles. The first-order chi connectivity index (χ1) is 16.9. The number of nitrogens with two attached hydrogens (primary N) is 2. The lowest BCUT2D eigenvalue weighted by Crippen LogP contribution is -2.59. The number of carbonyl (C=O) groups excluding carboxylic acids is 4. The van der Waals surface area contributed by atoms with E-state index < -0.39 is 53.8 Å². The summed E-state index contributed by atoms with van der Waals surface area (Å²) >= 11 is 0. The summed E-state index contributed by atoms with van der Waals surface area (Å²) in [6.07, 6.45) is 1.91. The van der Waals surface area contributed by atoms with E-state index in [0.29, 0.717) is 6.42 Å². The van der Waals surface area contributed by atoms with Gasteiger partial charge in [-0.2, -0.15) is 0 Å². The summed E-state index contributed by atoms with van der Waals surface area (Å²) in [6, 6.07) is 2.80. The fourth-order valence-electron chi connectivity index (χ4n) is 3.64. The molecule has 0 aliphatic rings. The molecule has 0 fully saturated rings. The maximum Gasteiger partial charge on any atom is 0.325 e. The number of amides is 4. The average Bonchev–Trinajstić information content (AvgIpc) is 3.23. The zero-order valence-corrected chi connectivity index (χ0v) is 20.5. The minimum Gasteiger partial charge on any atom is -0.480 e. The third kappa shape index (κ3) is 7.54. The number of aliphatic carboxylic acids is 1. The fourth-order valence-corrected chi connectivity index (χ4v) is 3.64. The quantitative estimate of drug-likeness (QED) is 0.191. The predicted molar refractivity (Wildman–Crippen MR) is 132 cm³/mol. The fraction of sp³-hybridized carbons (Fsp3) is 0.458. The van der Waals surface area contributed by atoms with Crippen molar-refractivity contribution in [3.63, 3.8) is 0 Å². The standard InChI is InChI=1S/C24H34N6O6/c1-4-12(2)20(30-21(32)16(25)10-19(26)31)23(34)29-18(22(33)28-13(3)24(35)36)9-14-11-27-17-8-6-5-7-15(14)17/h5-8,11-13,16,18,20,27H,4,9-10,25H2,1-3H3,(H2,26,31)(H,28,33)(H,29,34)(H,30,32)(H,35,36). The van der Waals surface area contributed by atoms with E-state index >= 15 is 0 Å². The van der Waals surface area contributed by atoms with E-state index in [0.717, 1.165) is 16.5 Å². The molecule has 0 aliphatic carbocycles. The smallest absolute Gasteiger partial charge is 0.325 e. The van der Waals surface area contributed by atoms with Gasteiger partial charge in [0.05, 0.1) is 12.5 Å². The summed E-state index contributed by atoms with van der Waals surface area (Å²) in [7, 11) is 0. The van der Waals surface area contributed by atoms with Crippen molar-refractivity contribution in [2.75, 3.05) is 0 Å². The van der Waals surface area contributed by atoms with Gasteiger partial charge in [-0.3, -0.25) is 24.0 Å². The van der Waals surface area contributed by atoms with Gasteiger partial charge < -0.3 is 37.5 Å². The van der Waals surface area contributed by atoms with Crippen molar-refractivity contribution in [3.05, 3.63) is 36.0 Å². The van der Waals surface area contributed by atoms with Crippen LogP contribution in [0.25, 0.3) is 10.9 Å². The number of carboxylic acid groups (broad SMARTS) is 1. The van der Waals surface area contributed by atoms with Gasteiger partial charge in [0.1, 0.15) is 18.1 Å². The molecule has 196 valence electrons. The second-order valence-electron chi connectivity index (χ2n) is 8.84. The topological polar surface area (TPSA) is 209 Å². The maximum atomic E-state index is 13.3. The Labute approximate surface area is 208 Å². The molecule has 0 bridgehead atoms. The van der Waals surface area contributed by atoms with Crippen molar-refractivity contribution in [2.45, 2.75) is 64.2 Å². The SMILES string of the molecule is CCC(C)C(NC(=O)C(N)CC(N)=O)C(=O)NC(Cc1c[nH]c2ccccc12)C(=O)NC(C)C(=O)O. The van der Waals surface area contributed by atoms with Crippen LogP contribution in [0.1, 0.15) is 39.2 Å². The Hall–Kier alpha value is -3.93. The largest absolute Gasteiger partial charge is 0.480 e. The first-order valence-electron chi connectivity index (χ1n) is 11.7. The Bertz CT molecular complexity index is 1120. The molecule has 9 N–H and O–H groups in total. The van der Waals surface area contributed by atoms with Crippen LogP contribution in [-0.4, -0.2) is 63.9 Å². The van der Waals surface area contributed by atoms with Gasteiger partial charge >= 0.3 is 5.97 Å². The summed E-state index contributed by atoms with van der Waals surface area (Å²) < 4.78 is 0. The number of fused-ring (bicyclic) bond motifs is 1. The highest BCUT2D eigenvalue weighted by atomic mass is 16.4. The molecular formula is C24H34N6O6. The number of rotatable bonds is 13. The number of para-hydroxylation sites is 1. The molecule has 5 unspecified atom stereocenters. The average molecular weight is 503 g/mol. The number of nitrogens with one attached hydrogen (secondary N) is 4. The van der Waals surface area contributed by atoms with E-state index in [2.05, 4.69) is 20.9 Å². The van der Waals surface area contributed by atoms with Crippen LogP contribution in [0, 0.1) is 5.92 Å². The van der Waals surface area contributed by atoms with Crippen LogP contribution in [-0.2, 0) is 30.4 Å². The van der Waals surface area contributed by atoms with Crippen molar-refractivity contribution in [1.29, 1.82) is 0 Å². The molecule has 2 rings (SSSR count). The van der Waals surface area contributed by atoms with Crippen LogP contribution in [0.5, 0.6) is 0 Å². The lowest BCUT2D eigenvalue weighted by Gasteiger charge is -2.27. The lowest BCUT2D eigenvalue weighted by atomic mass is 9.96. The molecule has 0 saturated heterocycles. The Morgan fingerprint density at radius 2 is 1.67 bits per heavy atom. The summed E-state index contributed by atoms with van der Waals surface area (Å²) in [5.74, 6) is -4.40. The van der Waals surface area contributed by atoms with Gasteiger partial charge in [-0.05, 0) is 24.5 Å². The van der Waals surface area contributed by atoms with Crippen molar-refractivity contribution < 1.29 is 29.1 Å². The van der Waals surface area contributed by atoms with Crippen LogP contribution >= 0.6 is 0 Å². The molecule has 12 heteroatoms. The number of primary amides is 1. The highest BCUT2D eigenvalue weighted by molar-refractivity contribution is 5.95. The summed E-state index contributed by atoms with van der Waals surface area (Å²) in [5.41, 5.74) is 12.4. The molecule has 0 spiro atoms. The van der Waals surface area contributed by atoms with E-state index in [1.165, 1.54) is 6.92 Å². The van der Waals surface area contributed by atoms with Crippen LogP contribution in [0.3, 0.4) is 0 Å². The zero-order valence-electron chi connectivity index (χ0n) is 20.5. The number of aromatic amines is 1. The molecular weight excluding hydrogens is 468 g/mol. The van der Waals surface area contributed by atoms with Crippen molar-refractivity contribution in [2.24, 2.45) is 17.4 Å². The van der Waals surface area contributed by atoms with Gasteiger partial charge in [-0.15, -0.1) is 0 Å². The van der Waals surface area contributed by atoms with Crippen LogP contribution in [0.4, 0.5) is 0 Å². The van der Waals surface area contributed by atoms with Gasteiger partial charge in [0.2, 0.25) is 23.6 Å². The van der Waals surface area contributed by atoms with Crippen LogP contribution < -0.4 is 27.4 Å². The van der Waals surface area contributed by atoms with E-state index in [1.54, 1.807) is 13.1 Å². The molecule has 1 aromatic carbocycles. The second-order valence-corrected chi connectivity index (χ2v) is 8.84.